The number of rotatable bonds is 2. The van der Waals surface area contributed by atoms with Gasteiger partial charge >= 0.3 is 0 Å². The SMILES string of the molecule is N#Cc1cc(I)c(C=O)cc1C=O. The molecule has 1 rings (SSSR count). The Morgan fingerprint density at radius 1 is 1.23 bits per heavy atom. The van der Waals surface area contributed by atoms with Gasteiger partial charge in [-0.1, -0.05) is 0 Å². The third-order valence-electron chi connectivity index (χ3n) is 1.54. The molecule has 0 aromatic heterocycles. The molecule has 0 aliphatic heterocycles. The van der Waals surface area contributed by atoms with Crippen molar-refractivity contribution in [3.05, 3.63) is 32.4 Å². The smallest absolute Gasteiger partial charge is 0.151 e. The normalized spacial score (nSPS) is 8.92. The third-order valence-corrected chi connectivity index (χ3v) is 2.48. The van der Waals surface area contributed by atoms with Crippen LogP contribution in [0.2, 0.25) is 0 Å². The molecular formula is C9H4INO2. The topological polar surface area (TPSA) is 57.9 Å². The molecule has 0 N–H and O–H groups in total. The highest BCUT2D eigenvalue weighted by molar-refractivity contribution is 14.1. The average Bonchev–Trinajstić information content (AvgIpc) is 2.17. The predicted molar refractivity (Wildman–Crippen MR) is 54.6 cm³/mol. The lowest BCUT2D eigenvalue weighted by Gasteiger charge is -1.99. The van der Waals surface area contributed by atoms with Gasteiger partial charge in [-0.15, -0.1) is 0 Å². The number of halogens is 1. The van der Waals surface area contributed by atoms with Gasteiger partial charge in [0.2, 0.25) is 0 Å². The van der Waals surface area contributed by atoms with Crippen molar-refractivity contribution < 1.29 is 9.59 Å². The van der Waals surface area contributed by atoms with E-state index in [2.05, 4.69) is 0 Å². The molecule has 1 aromatic carbocycles. The van der Waals surface area contributed by atoms with E-state index in [4.69, 9.17) is 5.26 Å². The first-order valence-electron chi connectivity index (χ1n) is 3.37. The number of benzene rings is 1. The van der Waals surface area contributed by atoms with Crippen LogP contribution in [0, 0.1) is 14.9 Å². The summed E-state index contributed by atoms with van der Waals surface area (Å²) in [5, 5.41) is 8.64. The van der Waals surface area contributed by atoms with Crippen molar-refractivity contribution in [3.8, 4) is 6.07 Å². The number of hydrogen-bond acceptors (Lipinski definition) is 3. The molecule has 0 amide bonds. The van der Waals surface area contributed by atoms with Crippen LogP contribution in [-0.2, 0) is 0 Å². The number of carbonyl (C=O) groups is 2. The highest BCUT2D eigenvalue weighted by Gasteiger charge is 2.06. The summed E-state index contributed by atoms with van der Waals surface area (Å²) in [6.07, 6.45) is 1.23. The largest absolute Gasteiger partial charge is 0.298 e. The number of nitriles is 1. The molecule has 0 fully saturated rings. The molecule has 0 heterocycles. The van der Waals surface area contributed by atoms with Crippen molar-refractivity contribution in [2.45, 2.75) is 0 Å². The summed E-state index contributed by atoms with van der Waals surface area (Å²) in [6, 6.07) is 4.83. The molecule has 0 saturated carbocycles. The maximum absolute atomic E-state index is 10.5. The van der Waals surface area contributed by atoms with Crippen LogP contribution >= 0.6 is 22.6 Å². The van der Waals surface area contributed by atoms with Crippen LogP contribution in [0.15, 0.2) is 12.1 Å². The van der Waals surface area contributed by atoms with E-state index >= 15 is 0 Å². The minimum Gasteiger partial charge on any atom is -0.298 e. The Morgan fingerprint density at radius 3 is 2.31 bits per heavy atom. The van der Waals surface area contributed by atoms with Gasteiger partial charge in [-0.3, -0.25) is 9.59 Å². The van der Waals surface area contributed by atoms with E-state index in [9.17, 15) is 9.59 Å². The third kappa shape index (κ3) is 1.92. The van der Waals surface area contributed by atoms with Gasteiger partial charge in [-0.2, -0.15) is 5.26 Å². The van der Waals surface area contributed by atoms with E-state index in [-0.39, 0.29) is 5.56 Å². The zero-order valence-corrected chi connectivity index (χ0v) is 8.61. The van der Waals surface area contributed by atoms with Gasteiger partial charge < -0.3 is 0 Å². The summed E-state index contributed by atoms with van der Waals surface area (Å²) >= 11 is 1.94. The van der Waals surface area contributed by atoms with E-state index < -0.39 is 0 Å². The summed E-state index contributed by atoms with van der Waals surface area (Å²) < 4.78 is 0.676. The van der Waals surface area contributed by atoms with Crippen LogP contribution in [-0.4, -0.2) is 12.6 Å². The second kappa shape index (κ2) is 4.14. The van der Waals surface area contributed by atoms with Gasteiger partial charge in [0, 0.05) is 14.7 Å². The van der Waals surface area contributed by atoms with Gasteiger partial charge in [0.05, 0.1) is 11.6 Å². The van der Waals surface area contributed by atoms with Gasteiger partial charge in [0.15, 0.2) is 12.6 Å². The average molecular weight is 285 g/mol. The quantitative estimate of drug-likeness (QED) is 0.615. The van der Waals surface area contributed by atoms with Crippen LogP contribution in [0.4, 0.5) is 0 Å². The molecule has 0 unspecified atom stereocenters. The molecule has 0 spiro atoms. The number of nitrogens with zero attached hydrogens (tertiary/aromatic N) is 1. The lowest BCUT2D eigenvalue weighted by atomic mass is 10.1. The summed E-state index contributed by atoms with van der Waals surface area (Å²) in [5.74, 6) is 0. The van der Waals surface area contributed by atoms with Crippen LogP contribution in [0.1, 0.15) is 26.3 Å². The van der Waals surface area contributed by atoms with E-state index in [0.717, 1.165) is 0 Å². The summed E-state index contributed by atoms with van der Waals surface area (Å²) in [6.45, 7) is 0. The maximum Gasteiger partial charge on any atom is 0.151 e. The number of carbonyl (C=O) groups excluding carboxylic acids is 2. The Morgan fingerprint density at radius 2 is 1.85 bits per heavy atom. The van der Waals surface area contributed by atoms with E-state index in [0.29, 0.717) is 27.3 Å². The van der Waals surface area contributed by atoms with Crippen molar-refractivity contribution in [2.24, 2.45) is 0 Å². The summed E-state index contributed by atoms with van der Waals surface area (Å²) in [5.41, 5.74) is 0.983. The van der Waals surface area contributed by atoms with E-state index in [1.807, 2.05) is 28.7 Å². The first kappa shape index (κ1) is 9.86. The van der Waals surface area contributed by atoms with Crippen molar-refractivity contribution >= 4 is 35.2 Å². The molecule has 0 aliphatic carbocycles. The van der Waals surface area contributed by atoms with Gasteiger partial charge in [-0.05, 0) is 34.7 Å². The Labute approximate surface area is 88.5 Å². The first-order valence-corrected chi connectivity index (χ1v) is 4.44. The zero-order valence-electron chi connectivity index (χ0n) is 6.45. The molecule has 0 radical (unpaired) electrons. The molecule has 1 aromatic rings. The Bertz CT molecular complexity index is 407. The fraction of sp³-hybridized carbons (Fsp3) is 0. The molecule has 0 saturated heterocycles. The minimum absolute atomic E-state index is 0.255. The predicted octanol–water partition coefficient (Wildman–Crippen LogP) is 1.79. The molecule has 64 valence electrons. The van der Waals surface area contributed by atoms with Crippen molar-refractivity contribution in [1.29, 1.82) is 5.26 Å². The van der Waals surface area contributed by atoms with Crippen LogP contribution in [0.25, 0.3) is 0 Å². The molecule has 0 aliphatic rings. The van der Waals surface area contributed by atoms with Gasteiger partial charge in [0.1, 0.15) is 0 Å². The second-order valence-electron chi connectivity index (χ2n) is 2.31. The highest BCUT2D eigenvalue weighted by atomic mass is 127. The molecule has 0 bridgehead atoms. The molecule has 4 heteroatoms. The fourth-order valence-corrected chi connectivity index (χ4v) is 1.49. The van der Waals surface area contributed by atoms with Crippen molar-refractivity contribution in [2.75, 3.05) is 0 Å². The van der Waals surface area contributed by atoms with Crippen LogP contribution < -0.4 is 0 Å². The fourth-order valence-electron chi connectivity index (χ4n) is 0.892. The highest BCUT2D eigenvalue weighted by Crippen LogP contribution is 2.15. The van der Waals surface area contributed by atoms with Crippen LogP contribution in [0.5, 0.6) is 0 Å². The van der Waals surface area contributed by atoms with E-state index in [1.54, 1.807) is 0 Å². The standard InChI is InChI=1S/C9H4INO2/c10-9-2-6(3-11)7(4-12)1-8(9)5-13/h1-2,4-5H. The lowest BCUT2D eigenvalue weighted by Crippen LogP contribution is -1.94. The Hall–Kier alpha value is -1.22. The van der Waals surface area contributed by atoms with Crippen LogP contribution in [0.3, 0.4) is 0 Å². The summed E-state index contributed by atoms with van der Waals surface area (Å²) in [7, 11) is 0. The summed E-state index contributed by atoms with van der Waals surface area (Å²) in [4.78, 5) is 21.0. The minimum atomic E-state index is 0.255. The Kier molecular flexibility index (Phi) is 3.14. The van der Waals surface area contributed by atoms with Gasteiger partial charge in [-0.25, -0.2) is 0 Å². The lowest BCUT2D eigenvalue weighted by molar-refractivity contribution is 0.112. The number of aldehydes is 2. The maximum atomic E-state index is 10.5. The zero-order chi connectivity index (χ0) is 9.84. The van der Waals surface area contributed by atoms with Gasteiger partial charge in [0.25, 0.3) is 0 Å². The first-order chi connectivity index (χ1) is 6.22. The van der Waals surface area contributed by atoms with Crippen molar-refractivity contribution in [3.63, 3.8) is 0 Å². The molecule has 13 heavy (non-hydrogen) atoms. The monoisotopic (exact) mass is 285 g/mol. The van der Waals surface area contributed by atoms with E-state index in [1.165, 1.54) is 12.1 Å². The molecular weight excluding hydrogens is 281 g/mol. The Balaban J connectivity index is 3.45. The second-order valence-corrected chi connectivity index (χ2v) is 3.47. The molecule has 3 nitrogen and oxygen atoms in total. The van der Waals surface area contributed by atoms with Crippen molar-refractivity contribution in [1.82, 2.24) is 0 Å². The number of hydrogen-bond donors (Lipinski definition) is 0. The molecule has 0 atom stereocenters.